The lowest BCUT2D eigenvalue weighted by molar-refractivity contribution is 0.242. The molecule has 0 aromatic heterocycles. The summed E-state index contributed by atoms with van der Waals surface area (Å²) in [5.74, 6) is 0.943. The van der Waals surface area contributed by atoms with Crippen LogP contribution in [0.3, 0.4) is 0 Å². The Balaban J connectivity index is 2.73. The summed E-state index contributed by atoms with van der Waals surface area (Å²) < 4.78 is 5.61. The number of allylic oxidation sites excluding steroid dienone is 1. The lowest BCUT2D eigenvalue weighted by atomic mass is 10.1. The first-order valence-electron chi connectivity index (χ1n) is 4.98. The molecule has 1 nitrogen and oxygen atoms in total. The van der Waals surface area contributed by atoms with Crippen LogP contribution in [-0.2, 0) is 6.42 Å². The average molecular weight is 190 g/mol. The van der Waals surface area contributed by atoms with Gasteiger partial charge in [-0.15, -0.1) is 0 Å². The van der Waals surface area contributed by atoms with Gasteiger partial charge in [0.05, 0.1) is 6.10 Å². The van der Waals surface area contributed by atoms with E-state index in [0.717, 1.165) is 12.2 Å². The second-order valence-electron chi connectivity index (χ2n) is 3.95. The van der Waals surface area contributed by atoms with E-state index in [0.29, 0.717) is 0 Å². The van der Waals surface area contributed by atoms with E-state index < -0.39 is 0 Å². The molecule has 0 aliphatic heterocycles. The highest BCUT2D eigenvalue weighted by Crippen LogP contribution is 2.16. The van der Waals surface area contributed by atoms with Crippen molar-refractivity contribution in [1.29, 1.82) is 0 Å². The molecule has 1 rings (SSSR count). The fourth-order valence-electron chi connectivity index (χ4n) is 1.35. The van der Waals surface area contributed by atoms with E-state index in [1.54, 1.807) is 0 Å². The number of hydrogen-bond acceptors (Lipinski definition) is 1. The van der Waals surface area contributed by atoms with Crippen LogP contribution in [0.15, 0.2) is 36.4 Å². The maximum Gasteiger partial charge on any atom is 0.119 e. The topological polar surface area (TPSA) is 9.23 Å². The Morgan fingerprint density at radius 1 is 1.43 bits per heavy atom. The molecule has 14 heavy (non-hydrogen) atoms. The lowest BCUT2D eigenvalue weighted by Gasteiger charge is -2.10. The Morgan fingerprint density at radius 2 is 2.14 bits per heavy atom. The van der Waals surface area contributed by atoms with Crippen LogP contribution >= 0.6 is 0 Å². The molecule has 0 heterocycles. The average Bonchev–Trinajstić information content (AvgIpc) is 2.01. The van der Waals surface area contributed by atoms with E-state index >= 15 is 0 Å². The summed E-state index contributed by atoms with van der Waals surface area (Å²) >= 11 is 0. The van der Waals surface area contributed by atoms with Gasteiger partial charge in [-0.1, -0.05) is 24.3 Å². The predicted molar refractivity (Wildman–Crippen MR) is 60.7 cm³/mol. The van der Waals surface area contributed by atoms with Gasteiger partial charge in [0.15, 0.2) is 0 Å². The van der Waals surface area contributed by atoms with Gasteiger partial charge < -0.3 is 4.74 Å². The van der Waals surface area contributed by atoms with Crippen LogP contribution in [0.5, 0.6) is 5.75 Å². The van der Waals surface area contributed by atoms with Crippen molar-refractivity contribution < 1.29 is 4.74 Å². The van der Waals surface area contributed by atoms with Gasteiger partial charge in [0.25, 0.3) is 0 Å². The molecule has 0 fully saturated rings. The zero-order valence-electron chi connectivity index (χ0n) is 9.21. The molecule has 0 spiro atoms. The molecular formula is C13H18O. The summed E-state index contributed by atoms with van der Waals surface area (Å²) in [5.41, 5.74) is 2.43. The van der Waals surface area contributed by atoms with Crippen molar-refractivity contribution in [2.75, 3.05) is 0 Å². The van der Waals surface area contributed by atoms with Crippen LogP contribution in [-0.4, -0.2) is 6.10 Å². The number of benzene rings is 1. The van der Waals surface area contributed by atoms with Crippen LogP contribution < -0.4 is 4.74 Å². The minimum Gasteiger partial charge on any atom is -0.491 e. The van der Waals surface area contributed by atoms with Crippen molar-refractivity contribution in [2.24, 2.45) is 0 Å². The van der Waals surface area contributed by atoms with Crippen molar-refractivity contribution in [3.05, 3.63) is 42.0 Å². The first-order valence-corrected chi connectivity index (χ1v) is 4.98. The highest BCUT2D eigenvalue weighted by molar-refractivity contribution is 5.30. The van der Waals surface area contributed by atoms with Crippen LogP contribution in [0.25, 0.3) is 0 Å². The van der Waals surface area contributed by atoms with E-state index in [-0.39, 0.29) is 6.10 Å². The van der Waals surface area contributed by atoms with Crippen LogP contribution in [0.2, 0.25) is 0 Å². The third-order valence-corrected chi connectivity index (χ3v) is 1.78. The lowest BCUT2D eigenvalue weighted by Crippen LogP contribution is -2.05. The Morgan fingerprint density at radius 3 is 2.71 bits per heavy atom. The predicted octanol–water partition coefficient (Wildman–Crippen LogP) is 3.59. The highest BCUT2D eigenvalue weighted by atomic mass is 16.5. The van der Waals surface area contributed by atoms with Crippen molar-refractivity contribution in [1.82, 2.24) is 0 Å². The van der Waals surface area contributed by atoms with Gasteiger partial charge in [-0.25, -0.2) is 0 Å². The van der Waals surface area contributed by atoms with Gasteiger partial charge in [-0.2, -0.15) is 0 Å². The van der Waals surface area contributed by atoms with E-state index in [4.69, 9.17) is 4.74 Å². The van der Waals surface area contributed by atoms with Crippen LogP contribution in [0.4, 0.5) is 0 Å². The Bertz CT molecular complexity index is 313. The summed E-state index contributed by atoms with van der Waals surface area (Å²) in [7, 11) is 0. The summed E-state index contributed by atoms with van der Waals surface area (Å²) in [4.78, 5) is 0. The first kappa shape index (κ1) is 10.8. The molecule has 0 unspecified atom stereocenters. The fraction of sp³-hybridized carbons (Fsp3) is 0.385. The zero-order chi connectivity index (χ0) is 10.6. The Hall–Kier alpha value is -1.24. The second kappa shape index (κ2) is 4.85. The summed E-state index contributed by atoms with van der Waals surface area (Å²) in [6.45, 7) is 10.0. The zero-order valence-corrected chi connectivity index (χ0v) is 9.21. The number of rotatable bonds is 4. The molecule has 1 heteroatoms. The van der Waals surface area contributed by atoms with Gasteiger partial charge in [-0.05, 0) is 44.9 Å². The maximum atomic E-state index is 5.61. The molecule has 0 radical (unpaired) electrons. The van der Waals surface area contributed by atoms with E-state index in [1.165, 1.54) is 11.1 Å². The molecule has 0 atom stereocenters. The molecule has 76 valence electrons. The monoisotopic (exact) mass is 190 g/mol. The number of ether oxygens (including phenoxy) is 1. The standard InChI is InChI=1S/C13H18O/c1-10(2)8-12-6-5-7-13(9-12)14-11(3)4/h5-7,9,11H,1,8H2,2-4H3. The molecule has 0 saturated carbocycles. The molecular weight excluding hydrogens is 172 g/mol. The quantitative estimate of drug-likeness (QED) is 0.659. The van der Waals surface area contributed by atoms with E-state index in [2.05, 4.69) is 18.7 Å². The van der Waals surface area contributed by atoms with Crippen LogP contribution in [0, 0.1) is 0 Å². The third-order valence-electron chi connectivity index (χ3n) is 1.78. The van der Waals surface area contributed by atoms with Crippen LogP contribution in [0.1, 0.15) is 26.3 Å². The molecule has 1 aromatic rings. The minimum atomic E-state index is 0.232. The summed E-state index contributed by atoms with van der Waals surface area (Å²) in [5, 5.41) is 0. The first-order chi connectivity index (χ1) is 6.58. The van der Waals surface area contributed by atoms with Crippen molar-refractivity contribution in [3.8, 4) is 5.75 Å². The highest BCUT2D eigenvalue weighted by Gasteiger charge is 1.99. The van der Waals surface area contributed by atoms with E-state index in [1.807, 2.05) is 32.9 Å². The molecule has 1 aromatic carbocycles. The fourth-order valence-corrected chi connectivity index (χ4v) is 1.35. The van der Waals surface area contributed by atoms with Gasteiger partial charge in [0.1, 0.15) is 5.75 Å². The van der Waals surface area contributed by atoms with Gasteiger partial charge in [0, 0.05) is 0 Å². The third kappa shape index (κ3) is 3.65. The molecule has 0 N–H and O–H groups in total. The van der Waals surface area contributed by atoms with Gasteiger partial charge >= 0.3 is 0 Å². The number of hydrogen-bond donors (Lipinski definition) is 0. The molecule has 0 saturated heterocycles. The van der Waals surface area contributed by atoms with Crippen molar-refractivity contribution in [2.45, 2.75) is 33.3 Å². The molecule has 0 bridgehead atoms. The Labute approximate surface area is 86.4 Å². The summed E-state index contributed by atoms with van der Waals surface area (Å²) in [6, 6.07) is 8.19. The van der Waals surface area contributed by atoms with Crippen molar-refractivity contribution in [3.63, 3.8) is 0 Å². The molecule has 0 aliphatic rings. The Kier molecular flexibility index (Phi) is 3.75. The molecule has 0 amide bonds. The molecule has 0 aliphatic carbocycles. The minimum absolute atomic E-state index is 0.232. The summed E-state index contributed by atoms with van der Waals surface area (Å²) in [6.07, 6.45) is 1.16. The maximum absolute atomic E-state index is 5.61. The SMILES string of the molecule is C=C(C)Cc1cccc(OC(C)C)c1. The normalized spacial score (nSPS) is 10.3. The largest absolute Gasteiger partial charge is 0.491 e. The van der Waals surface area contributed by atoms with Gasteiger partial charge in [0.2, 0.25) is 0 Å². The van der Waals surface area contributed by atoms with Gasteiger partial charge in [-0.3, -0.25) is 0 Å². The smallest absolute Gasteiger partial charge is 0.119 e. The second-order valence-corrected chi connectivity index (χ2v) is 3.95. The van der Waals surface area contributed by atoms with Crippen molar-refractivity contribution >= 4 is 0 Å². The van der Waals surface area contributed by atoms with E-state index in [9.17, 15) is 0 Å².